The third-order valence-electron chi connectivity index (χ3n) is 1.64. The largest absolute Gasteiger partial charge is 0.324 e. The molecule has 0 spiro atoms. The summed E-state index contributed by atoms with van der Waals surface area (Å²) < 4.78 is 38.3. The van der Waals surface area contributed by atoms with E-state index < -0.39 is 18.8 Å². The van der Waals surface area contributed by atoms with E-state index in [1.165, 1.54) is 25.5 Å². The zero-order valence-electron chi connectivity index (χ0n) is 7.85. The molecule has 78 valence electrons. The van der Waals surface area contributed by atoms with E-state index in [2.05, 4.69) is 15.9 Å². The van der Waals surface area contributed by atoms with Crippen LogP contribution in [0.2, 0.25) is 0 Å². The van der Waals surface area contributed by atoms with Crippen LogP contribution >= 0.6 is 23.1 Å². The highest BCUT2D eigenvalue weighted by atomic mass is 79.9. The molecule has 1 aromatic carbocycles. The Labute approximate surface area is 90.0 Å². The van der Waals surface area contributed by atoms with Gasteiger partial charge in [-0.25, -0.2) is 8.78 Å². The van der Waals surface area contributed by atoms with Crippen molar-refractivity contribution in [1.29, 1.82) is 0 Å². The van der Waals surface area contributed by atoms with Crippen LogP contribution in [-0.2, 0) is 10.7 Å². The molecule has 0 saturated carbocycles. The third-order valence-corrected chi connectivity index (χ3v) is 3.18. The Morgan fingerprint density at radius 2 is 1.71 bits per heavy atom. The Hall–Kier alpha value is -0.210. The summed E-state index contributed by atoms with van der Waals surface area (Å²) in [6.45, 7) is 3.02. The molecule has 0 atom stereocenters. The van der Waals surface area contributed by atoms with Crippen LogP contribution in [0.5, 0.6) is 0 Å². The molecule has 0 amide bonds. The zero-order chi connectivity index (χ0) is 10.9. The van der Waals surface area contributed by atoms with Gasteiger partial charge in [0.15, 0.2) is 0 Å². The maximum atomic E-state index is 13.3. The molecule has 0 bridgehead atoms. The van der Waals surface area contributed by atoms with Gasteiger partial charge in [0, 0.05) is 16.2 Å². The predicted molar refractivity (Wildman–Crippen MR) is 57.2 cm³/mol. The second-order valence-corrected chi connectivity index (χ2v) is 7.96. The highest BCUT2D eigenvalue weighted by molar-refractivity contribution is 9.10. The van der Waals surface area contributed by atoms with Gasteiger partial charge < -0.3 is 4.57 Å². The molecule has 1 rings (SSSR count). The van der Waals surface area contributed by atoms with Crippen molar-refractivity contribution >= 4 is 23.1 Å². The molecule has 0 aliphatic carbocycles. The van der Waals surface area contributed by atoms with Gasteiger partial charge >= 0.3 is 0 Å². The second-order valence-electron chi connectivity index (χ2n) is 3.58. The third kappa shape index (κ3) is 3.18. The molecule has 14 heavy (non-hydrogen) atoms. The topological polar surface area (TPSA) is 17.1 Å². The fourth-order valence-corrected chi connectivity index (χ4v) is 2.57. The Morgan fingerprint density at radius 3 is 2.07 bits per heavy atom. The first-order valence-electron chi connectivity index (χ1n) is 3.97. The van der Waals surface area contributed by atoms with Crippen LogP contribution in [0.15, 0.2) is 16.6 Å². The summed E-state index contributed by atoms with van der Waals surface area (Å²) in [6.07, 6.45) is -0.0437. The van der Waals surface area contributed by atoms with Crippen molar-refractivity contribution in [2.45, 2.75) is 6.16 Å². The molecule has 0 radical (unpaired) electrons. The van der Waals surface area contributed by atoms with Crippen molar-refractivity contribution in [1.82, 2.24) is 0 Å². The molecule has 0 aliphatic heterocycles. The SMILES string of the molecule is CP(C)(=O)Cc1c(F)cc(Br)cc1F. The predicted octanol–water partition coefficient (Wildman–Crippen LogP) is 3.85. The standard InChI is InChI=1S/C9H10BrF2OP/c1-14(2,13)5-7-8(11)3-6(10)4-9(7)12/h3-4H,5H2,1-2H3. The smallest absolute Gasteiger partial charge is 0.130 e. The fourth-order valence-electron chi connectivity index (χ4n) is 1.10. The minimum atomic E-state index is -2.45. The lowest BCUT2D eigenvalue weighted by Gasteiger charge is -2.09. The summed E-state index contributed by atoms with van der Waals surface area (Å²) in [5.74, 6) is -1.30. The molecule has 0 fully saturated rings. The van der Waals surface area contributed by atoms with Gasteiger partial charge in [0.25, 0.3) is 0 Å². The number of benzene rings is 1. The Kier molecular flexibility index (Phi) is 3.49. The maximum absolute atomic E-state index is 13.3. The van der Waals surface area contributed by atoms with Gasteiger partial charge in [-0.2, -0.15) is 0 Å². The molecule has 0 heterocycles. The molecule has 0 unspecified atom stereocenters. The van der Waals surface area contributed by atoms with Crippen molar-refractivity contribution in [3.63, 3.8) is 0 Å². The van der Waals surface area contributed by atoms with E-state index in [9.17, 15) is 13.3 Å². The summed E-state index contributed by atoms with van der Waals surface area (Å²) in [4.78, 5) is 0. The lowest BCUT2D eigenvalue weighted by atomic mass is 10.2. The van der Waals surface area contributed by atoms with Gasteiger partial charge in [0.1, 0.15) is 11.6 Å². The van der Waals surface area contributed by atoms with Gasteiger partial charge in [0.2, 0.25) is 0 Å². The van der Waals surface area contributed by atoms with Crippen LogP contribution in [0.4, 0.5) is 8.78 Å². The molecular weight excluding hydrogens is 273 g/mol. The first kappa shape index (κ1) is 11.9. The maximum Gasteiger partial charge on any atom is 0.130 e. The lowest BCUT2D eigenvalue weighted by Crippen LogP contribution is -1.96. The summed E-state index contributed by atoms with van der Waals surface area (Å²) >= 11 is 2.98. The normalized spacial score (nSPS) is 11.8. The van der Waals surface area contributed by atoms with E-state index in [4.69, 9.17) is 0 Å². The van der Waals surface area contributed by atoms with E-state index in [1.807, 2.05) is 0 Å². The van der Waals surface area contributed by atoms with E-state index in [0.29, 0.717) is 4.47 Å². The van der Waals surface area contributed by atoms with Crippen molar-refractivity contribution in [3.8, 4) is 0 Å². The summed E-state index contributed by atoms with van der Waals surface area (Å²) in [5.41, 5.74) is -0.0958. The molecule has 0 N–H and O–H groups in total. The minimum Gasteiger partial charge on any atom is -0.324 e. The molecule has 1 aromatic rings. The van der Waals surface area contributed by atoms with Crippen molar-refractivity contribution in [3.05, 3.63) is 33.8 Å². The fraction of sp³-hybridized carbons (Fsp3) is 0.333. The quantitative estimate of drug-likeness (QED) is 0.753. The van der Waals surface area contributed by atoms with E-state index >= 15 is 0 Å². The first-order valence-corrected chi connectivity index (χ1v) is 7.55. The molecule has 0 aromatic heterocycles. The van der Waals surface area contributed by atoms with Gasteiger partial charge in [0.05, 0.1) is 7.14 Å². The van der Waals surface area contributed by atoms with E-state index in [1.54, 1.807) is 0 Å². The van der Waals surface area contributed by atoms with Crippen LogP contribution in [-0.4, -0.2) is 13.3 Å². The number of hydrogen-bond donors (Lipinski definition) is 0. The highest BCUT2D eigenvalue weighted by Crippen LogP contribution is 2.41. The Morgan fingerprint density at radius 1 is 1.29 bits per heavy atom. The van der Waals surface area contributed by atoms with Gasteiger partial charge in [-0.15, -0.1) is 0 Å². The zero-order valence-corrected chi connectivity index (χ0v) is 10.3. The van der Waals surface area contributed by atoms with Crippen molar-refractivity contribution < 1.29 is 13.3 Å². The summed E-state index contributed by atoms with van der Waals surface area (Å²) in [7, 11) is -2.45. The minimum absolute atomic E-state index is 0.0437. The Bertz CT molecular complexity index is 377. The second kappa shape index (κ2) is 4.11. The summed E-state index contributed by atoms with van der Waals surface area (Å²) in [5, 5.41) is 0. The average Bonchev–Trinajstić information content (AvgIpc) is 1.95. The monoisotopic (exact) mass is 282 g/mol. The van der Waals surface area contributed by atoms with Crippen LogP contribution < -0.4 is 0 Å². The van der Waals surface area contributed by atoms with Gasteiger partial charge in [-0.05, 0) is 25.5 Å². The Balaban J connectivity index is 3.15. The summed E-state index contributed by atoms with van der Waals surface area (Å²) in [6, 6.07) is 2.35. The van der Waals surface area contributed by atoms with Crippen LogP contribution in [0.3, 0.4) is 0 Å². The van der Waals surface area contributed by atoms with Crippen LogP contribution in [0.25, 0.3) is 0 Å². The number of hydrogen-bond acceptors (Lipinski definition) is 1. The average molecular weight is 283 g/mol. The molecule has 1 nitrogen and oxygen atoms in total. The number of rotatable bonds is 2. The molecule has 5 heteroatoms. The first-order chi connectivity index (χ1) is 6.29. The van der Waals surface area contributed by atoms with Crippen molar-refractivity contribution in [2.75, 3.05) is 13.3 Å². The van der Waals surface area contributed by atoms with Gasteiger partial charge in [-0.1, -0.05) is 15.9 Å². The van der Waals surface area contributed by atoms with Crippen LogP contribution in [0.1, 0.15) is 5.56 Å². The number of halogens is 3. The van der Waals surface area contributed by atoms with E-state index in [0.717, 1.165) is 0 Å². The molecule has 0 saturated heterocycles. The van der Waals surface area contributed by atoms with Crippen LogP contribution in [0, 0.1) is 11.6 Å². The van der Waals surface area contributed by atoms with E-state index in [-0.39, 0.29) is 11.7 Å². The molecular formula is C9H10BrF2OP. The molecule has 0 aliphatic rings. The highest BCUT2D eigenvalue weighted by Gasteiger charge is 2.17. The van der Waals surface area contributed by atoms with Crippen molar-refractivity contribution in [2.24, 2.45) is 0 Å². The lowest BCUT2D eigenvalue weighted by molar-refractivity contribution is 0.554. The van der Waals surface area contributed by atoms with Gasteiger partial charge in [-0.3, -0.25) is 0 Å².